The van der Waals surface area contributed by atoms with Crippen LogP contribution in [0.1, 0.15) is 0 Å². The lowest BCUT2D eigenvalue weighted by atomic mass is 9.96. The highest BCUT2D eigenvalue weighted by atomic mass is 16.3. The Hall–Kier alpha value is -7.18. The van der Waals surface area contributed by atoms with E-state index in [1.165, 1.54) is 10.8 Å². The van der Waals surface area contributed by atoms with Crippen LogP contribution in [0.5, 0.6) is 0 Å². The first-order chi connectivity index (χ1) is 25.7. The van der Waals surface area contributed by atoms with Gasteiger partial charge in [-0.15, -0.1) is 0 Å². The number of hydrogen-bond donors (Lipinski definition) is 0. The lowest BCUT2D eigenvalue weighted by Gasteiger charge is -2.11. The third-order valence-corrected chi connectivity index (χ3v) is 9.99. The molecule has 0 atom stereocenters. The van der Waals surface area contributed by atoms with Crippen molar-refractivity contribution in [2.45, 2.75) is 0 Å². The van der Waals surface area contributed by atoms with Crippen molar-refractivity contribution >= 4 is 65.4 Å². The predicted molar refractivity (Wildman–Crippen MR) is 209 cm³/mol. The topological polar surface area (TPSA) is 77.8 Å². The van der Waals surface area contributed by atoms with Gasteiger partial charge in [-0.1, -0.05) is 97.1 Å². The number of furan rings is 2. The van der Waals surface area contributed by atoms with E-state index >= 15 is 0 Å². The Kier molecular flexibility index (Phi) is 6.15. The number of nitrogens with zero attached hydrogens (tertiary/aromatic N) is 4. The molecule has 52 heavy (non-hydrogen) atoms. The second kappa shape index (κ2) is 11.2. The zero-order valence-corrected chi connectivity index (χ0v) is 27.6. The second-order valence-corrected chi connectivity index (χ2v) is 13.0. The van der Waals surface area contributed by atoms with Crippen molar-refractivity contribution in [3.8, 4) is 45.3 Å². The van der Waals surface area contributed by atoms with Crippen LogP contribution in [-0.4, -0.2) is 19.9 Å². The molecule has 11 aromatic rings. The molecule has 11 rings (SSSR count). The summed E-state index contributed by atoms with van der Waals surface area (Å²) in [5, 5.41) is 8.36. The van der Waals surface area contributed by atoms with Gasteiger partial charge in [0, 0.05) is 61.6 Å². The van der Waals surface area contributed by atoms with Crippen LogP contribution < -0.4 is 0 Å². The average molecular weight is 667 g/mol. The van der Waals surface area contributed by atoms with E-state index in [1.807, 2.05) is 79.1 Å². The fraction of sp³-hybridized carbons (Fsp3) is 0. The van der Waals surface area contributed by atoms with E-state index in [4.69, 9.17) is 23.8 Å². The van der Waals surface area contributed by atoms with Crippen LogP contribution in [-0.2, 0) is 0 Å². The van der Waals surface area contributed by atoms with Crippen LogP contribution in [0.4, 0.5) is 0 Å². The number of hydrogen-bond acceptors (Lipinski definition) is 6. The molecule has 0 radical (unpaired) electrons. The molecule has 0 saturated carbocycles. The normalized spacial score (nSPS) is 11.8. The highest BCUT2D eigenvalue weighted by molar-refractivity contribution is 6.18. The Labute approximate surface area is 296 Å². The summed E-state index contributed by atoms with van der Waals surface area (Å²) in [7, 11) is 0. The molecule has 4 aromatic heterocycles. The van der Waals surface area contributed by atoms with Crippen LogP contribution in [0.15, 0.2) is 167 Å². The number of pyridine rings is 1. The highest BCUT2D eigenvalue weighted by Crippen LogP contribution is 2.43. The molecule has 4 heterocycles. The maximum Gasteiger partial charge on any atom is 0.164 e. The van der Waals surface area contributed by atoms with Gasteiger partial charge in [-0.05, 0) is 70.3 Å². The van der Waals surface area contributed by atoms with Gasteiger partial charge in [0.05, 0.1) is 0 Å². The minimum atomic E-state index is 0.557. The van der Waals surface area contributed by atoms with Gasteiger partial charge in [0.15, 0.2) is 17.5 Å². The number of fused-ring (bicyclic) bond motifs is 8. The van der Waals surface area contributed by atoms with Crippen molar-refractivity contribution in [2.75, 3.05) is 0 Å². The van der Waals surface area contributed by atoms with E-state index in [0.29, 0.717) is 17.5 Å². The van der Waals surface area contributed by atoms with E-state index in [0.717, 1.165) is 82.5 Å². The van der Waals surface area contributed by atoms with Gasteiger partial charge in [0.1, 0.15) is 22.3 Å². The van der Waals surface area contributed by atoms with Gasteiger partial charge >= 0.3 is 0 Å². The summed E-state index contributed by atoms with van der Waals surface area (Å²) in [6.45, 7) is 0. The van der Waals surface area contributed by atoms with Crippen LogP contribution in [0.3, 0.4) is 0 Å². The van der Waals surface area contributed by atoms with Gasteiger partial charge < -0.3 is 8.83 Å². The molecule has 0 bridgehead atoms. The molecule has 0 saturated heterocycles. The molecular formula is C46H26N4O2. The van der Waals surface area contributed by atoms with Gasteiger partial charge in [-0.2, -0.15) is 0 Å². The van der Waals surface area contributed by atoms with Gasteiger partial charge in [-0.25, -0.2) is 15.0 Å². The van der Waals surface area contributed by atoms with E-state index in [1.54, 1.807) is 0 Å². The van der Waals surface area contributed by atoms with Crippen LogP contribution >= 0.6 is 0 Å². The molecule has 0 aliphatic heterocycles. The highest BCUT2D eigenvalue weighted by Gasteiger charge is 2.22. The fourth-order valence-corrected chi connectivity index (χ4v) is 7.53. The van der Waals surface area contributed by atoms with Crippen LogP contribution in [0.2, 0.25) is 0 Å². The molecule has 6 nitrogen and oxygen atoms in total. The molecule has 0 unspecified atom stereocenters. The number of aromatic nitrogens is 4. The van der Waals surface area contributed by atoms with Crippen molar-refractivity contribution in [2.24, 2.45) is 0 Å². The van der Waals surface area contributed by atoms with Crippen molar-refractivity contribution in [3.05, 3.63) is 158 Å². The van der Waals surface area contributed by atoms with Crippen molar-refractivity contribution in [3.63, 3.8) is 0 Å². The van der Waals surface area contributed by atoms with Crippen molar-refractivity contribution < 1.29 is 8.83 Å². The first-order valence-electron chi connectivity index (χ1n) is 17.2. The summed E-state index contributed by atoms with van der Waals surface area (Å²) in [6, 6.07) is 49.7. The SMILES string of the molecule is c1ccc(-c2nc(-c3cccc4oc5ccccc5c34)nc(-c3ccc(-c4ccc5ccccc5c4)c4oc5cc6cnccc6cc5c34)n2)cc1. The molecule has 7 aromatic carbocycles. The molecule has 0 aliphatic rings. The Balaban J connectivity index is 1.22. The summed E-state index contributed by atoms with van der Waals surface area (Å²) in [6.07, 6.45) is 3.69. The average Bonchev–Trinajstić information content (AvgIpc) is 3.78. The quantitative estimate of drug-likeness (QED) is 0.186. The van der Waals surface area contributed by atoms with Crippen LogP contribution in [0, 0.1) is 0 Å². The predicted octanol–water partition coefficient (Wildman–Crippen LogP) is 12.0. The second-order valence-electron chi connectivity index (χ2n) is 13.0. The zero-order valence-electron chi connectivity index (χ0n) is 27.6. The maximum absolute atomic E-state index is 6.83. The summed E-state index contributed by atoms with van der Waals surface area (Å²) in [5.74, 6) is 1.71. The summed E-state index contributed by atoms with van der Waals surface area (Å²) in [4.78, 5) is 19.9. The first-order valence-corrected chi connectivity index (χ1v) is 17.2. The Morgan fingerprint density at radius 2 is 1.12 bits per heavy atom. The number of para-hydroxylation sites is 1. The zero-order chi connectivity index (χ0) is 34.2. The third-order valence-electron chi connectivity index (χ3n) is 9.99. The molecule has 242 valence electrons. The molecule has 0 fully saturated rings. The van der Waals surface area contributed by atoms with Crippen molar-refractivity contribution in [1.82, 2.24) is 19.9 Å². The lowest BCUT2D eigenvalue weighted by molar-refractivity contribution is 0.669. The standard InChI is InChI=1S/C46H26N4O2/c1-2-10-28(11-3-1)44-48-45(35-14-8-16-39-41(35)34-13-6-7-15-38(34)51-39)50-46(49-44)36-20-19-33(31-18-17-27-9-4-5-12-29(27)23-31)43-42(36)37-24-30-21-22-47-26-32(30)25-40(37)52-43/h1-26H. The van der Waals surface area contributed by atoms with E-state index in [2.05, 4.69) is 83.8 Å². The third kappa shape index (κ3) is 4.44. The summed E-state index contributed by atoms with van der Waals surface area (Å²) >= 11 is 0. The van der Waals surface area contributed by atoms with Gasteiger partial charge in [0.25, 0.3) is 0 Å². The van der Waals surface area contributed by atoms with E-state index in [9.17, 15) is 0 Å². The maximum atomic E-state index is 6.83. The lowest BCUT2D eigenvalue weighted by Crippen LogP contribution is -2.01. The first kappa shape index (κ1) is 28.6. The van der Waals surface area contributed by atoms with E-state index < -0.39 is 0 Å². The van der Waals surface area contributed by atoms with Gasteiger partial charge in [0.2, 0.25) is 0 Å². The monoisotopic (exact) mass is 666 g/mol. The van der Waals surface area contributed by atoms with Crippen LogP contribution in [0.25, 0.3) is 111 Å². The Morgan fingerprint density at radius 1 is 0.385 bits per heavy atom. The molecule has 0 amide bonds. The number of rotatable bonds is 4. The molecule has 0 spiro atoms. The minimum Gasteiger partial charge on any atom is -0.456 e. The minimum absolute atomic E-state index is 0.557. The van der Waals surface area contributed by atoms with Gasteiger partial charge in [-0.3, -0.25) is 4.98 Å². The Bertz CT molecular complexity index is 3200. The molecule has 0 N–H and O–H groups in total. The fourth-order valence-electron chi connectivity index (χ4n) is 7.53. The van der Waals surface area contributed by atoms with E-state index in [-0.39, 0.29) is 0 Å². The summed E-state index contributed by atoms with van der Waals surface area (Å²) < 4.78 is 13.1. The Morgan fingerprint density at radius 3 is 2.02 bits per heavy atom. The van der Waals surface area contributed by atoms with Crippen molar-refractivity contribution in [1.29, 1.82) is 0 Å². The molecule has 6 heteroatoms. The number of benzene rings is 7. The summed E-state index contributed by atoms with van der Waals surface area (Å²) in [5.41, 5.74) is 7.85. The smallest absolute Gasteiger partial charge is 0.164 e. The molecule has 0 aliphatic carbocycles. The molecular weight excluding hydrogens is 641 g/mol. The largest absolute Gasteiger partial charge is 0.456 e.